The van der Waals surface area contributed by atoms with Gasteiger partial charge in [0.2, 0.25) is 0 Å². The number of Topliss-reactive ketones (excluding diaryl/α,β-unsaturated/α-hetero) is 1. The number of ether oxygens (including phenoxy) is 2. The zero-order valence-electron chi connectivity index (χ0n) is 16.2. The molecule has 0 aliphatic rings. The summed E-state index contributed by atoms with van der Waals surface area (Å²) in [6.45, 7) is 1.36. The Balaban J connectivity index is 1.89. The van der Waals surface area contributed by atoms with Gasteiger partial charge in [-0.25, -0.2) is 0 Å². The largest absolute Gasteiger partial charge is 0.496 e. The maximum Gasteiger partial charge on any atom is 0.307 e. The summed E-state index contributed by atoms with van der Waals surface area (Å²) in [6.07, 6.45) is -1.49. The first-order valence-corrected chi connectivity index (χ1v) is 9.62. The van der Waals surface area contributed by atoms with Gasteiger partial charge in [-0.2, -0.15) is 0 Å². The second-order valence-corrected chi connectivity index (χ2v) is 7.11. The molecule has 2 rings (SSSR count). The molecule has 1 atom stereocenters. The van der Waals surface area contributed by atoms with E-state index in [-0.39, 0.29) is 30.0 Å². The van der Waals surface area contributed by atoms with Crippen LogP contribution in [0.25, 0.3) is 0 Å². The Hall–Kier alpha value is -3.27. The van der Waals surface area contributed by atoms with Crippen molar-refractivity contribution in [3.8, 4) is 5.75 Å². The predicted molar refractivity (Wildman–Crippen MR) is 112 cm³/mol. The molecule has 0 fully saturated rings. The second kappa shape index (κ2) is 10.5. The molecule has 1 unspecified atom stereocenters. The van der Waals surface area contributed by atoms with Gasteiger partial charge in [-0.3, -0.25) is 24.5 Å². The zero-order valence-corrected chi connectivity index (χ0v) is 17.8. The van der Waals surface area contributed by atoms with Gasteiger partial charge in [-0.1, -0.05) is 22.0 Å². The fourth-order valence-electron chi connectivity index (χ4n) is 2.50. The van der Waals surface area contributed by atoms with Crippen LogP contribution in [-0.4, -0.2) is 35.8 Å². The monoisotopic (exact) mass is 478 g/mol. The van der Waals surface area contributed by atoms with Crippen molar-refractivity contribution in [3.63, 3.8) is 0 Å². The highest BCUT2D eigenvalue weighted by Crippen LogP contribution is 2.24. The van der Waals surface area contributed by atoms with Crippen LogP contribution in [0, 0.1) is 10.1 Å². The average molecular weight is 479 g/mol. The summed E-state index contributed by atoms with van der Waals surface area (Å²) >= 11 is 3.28. The number of rotatable bonds is 9. The van der Waals surface area contributed by atoms with Crippen LogP contribution < -0.4 is 10.1 Å². The Morgan fingerprint density at radius 1 is 1.17 bits per heavy atom. The van der Waals surface area contributed by atoms with Gasteiger partial charge in [0.05, 0.1) is 24.0 Å². The van der Waals surface area contributed by atoms with Crippen LogP contribution in [-0.2, 0) is 14.3 Å². The van der Waals surface area contributed by atoms with E-state index in [1.807, 2.05) is 0 Å². The van der Waals surface area contributed by atoms with Gasteiger partial charge in [0, 0.05) is 28.7 Å². The number of ketones is 1. The molecule has 0 saturated carbocycles. The fraction of sp³-hybridized carbons (Fsp3) is 0.250. The number of nitro groups is 1. The number of hydrogen-bond donors (Lipinski definition) is 1. The van der Waals surface area contributed by atoms with Crippen molar-refractivity contribution < 1.29 is 28.8 Å². The lowest BCUT2D eigenvalue weighted by molar-refractivity contribution is -0.384. The molecule has 0 aliphatic carbocycles. The Morgan fingerprint density at radius 3 is 2.57 bits per heavy atom. The standard InChI is InChI=1S/C20H19BrN2O7/c1-12(20(26)22-14-4-3-5-15(11-14)23(27)28)30-19(25)9-7-17(24)16-10-13(21)6-8-18(16)29-2/h3-6,8,10-12H,7,9H2,1-2H3,(H,22,26). The second-order valence-electron chi connectivity index (χ2n) is 6.20. The molecular weight excluding hydrogens is 460 g/mol. The van der Waals surface area contributed by atoms with Crippen molar-refractivity contribution in [1.29, 1.82) is 0 Å². The summed E-state index contributed by atoms with van der Waals surface area (Å²) in [5, 5.41) is 13.2. The third kappa shape index (κ3) is 6.38. The molecule has 0 heterocycles. The maximum atomic E-state index is 12.4. The van der Waals surface area contributed by atoms with Gasteiger partial charge in [0.1, 0.15) is 5.75 Å². The average Bonchev–Trinajstić information content (AvgIpc) is 2.72. The number of carbonyl (C=O) groups excluding carboxylic acids is 3. The van der Waals surface area contributed by atoms with E-state index in [2.05, 4.69) is 21.2 Å². The molecule has 1 N–H and O–H groups in total. The molecule has 0 spiro atoms. The molecule has 0 aromatic heterocycles. The molecule has 2 aromatic carbocycles. The molecule has 0 aliphatic heterocycles. The van der Waals surface area contributed by atoms with E-state index in [1.54, 1.807) is 18.2 Å². The van der Waals surface area contributed by atoms with Crippen molar-refractivity contribution >= 4 is 45.0 Å². The lowest BCUT2D eigenvalue weighted by Gasteiger charge is -2.13. The number of nitrogens with one attached hydrogen (secondary N) is 1. The lowest BCUT2D eigenvalue weighted by atomic mass is 10.1. The highest BCUT2D eigenvalue weighted by atomic mass is 79.9. The van der Waals surface area contributed by atoms with Crippen molar-refractivity contribution in [1.82, 2.24) is 0 Å². The van der Waals surface area contributed by atoms with Gasteiger partial charge in [0.15, 0.2) is 11.9 Å². The highest BCUT2D eigenvalue weighted by molar-refractivity contribution is 9.10. The molecule has 30 heavy (non-hydrogen) atoms. The first-order chi connectivity index (χ1) is 14.2. The smallest absolute Gasteiger partial charge is 0.307 e. The van der Waals surface area contributed by atoms with E-state index < -0.39 is 22.9 Å². The van der Waals surface area contributed by atoms with Gasteiger partial charge in [0.25, 0.3) is 11.6 Å². The minimum absolute atomic E-state index is 0.120. The number of methoxy groups -OCH3 is 1. The summed E-state index contributed by atoms with van der Waals surface area (Å²) in [5.74, 6) is -1.29. The zero-order chi connectivity index (χ0) is 22.3. The molecule has 9 nitrogen and oxygen atoms in total. The van der Waals surface area contributed by atoms with Crippen LogP contribution >= 0.6 is 15.9 Å². The van der Waals surface area contributed by atoms with Crippen LogP contribution in [0.3, 0.4) is 0 Å². The molecule has 1 amide bonds. The third-order valence-electron chi connectivity index (χ3n) is 4.02. The minimum Gasteiger partial charge on any atom is -0.496 e. The van der Waals surface area contributed by atoms with Crippen molar-refractivity contribution in [2.75, 3.05) is 12.4 Å². The SMILES string of the molecule is COc1ccc(Br)cc1C(=O)CCC(=O)OC(C)C(=O)Nc1cccc([N+](=O)[O-])c1. The molecule has 0 saturated heterocycles. The van der Waals surface area contributed by atoms with Crippen LogP contribution in [0.1, 0.15) is 30.1 Å². The Morgan fingerprint density at radius 2 is 1.90 bits per heavy atom. The minimum atomic E-state index is -1.15. The van der Waals surface area contributed by atoms with E-state index in [9.17, 15) is 24.5 Å². The number of halogens is 1. The Bertz CT molecular complexity index is 977. The van der Waals surface area contributed by atoms with E-state index in [0.29, 0.717) is 15.8 Å². The summed E-state index contributed by atoms with van der Waals surface area (Å²) < 4.78 is 10.9. The summed E-state index contributed by atoms with van der Waals surface area (Å²) in [6, 6.07) is 10.3. The number of esters is 1. The van der Waals surface area contributed by atoms with E-state index in [1.165, 1.54) is 38.3 Å². The first kappa shape index (κ1) is 23.0. The molecule has 10 heteroatoms. The van der Waals surface area contributed by atoms with Crippen molar-refractivity contribution in [3.05, 3.63) is 62.6 Å². The van der Waals surface area contributed by atoms with E-state index in [4.69, 9.17) is 9.47 Å². The first-order valence-electron chi connectivity index (χ1n) is 8.82. The topological polar surface area (TPSA) is 125 Å². The van der Waals surface area contributed by atoms with Gasteiger partial charge >= 0.3 is 5.97 Å². The molecule has 0 bridgehead atoms. The quantitative estimate of drug-likeness (QED) is 0.250. The lowest BCUT2D eigenvalue weighted by Crippen LogP contribution is -2.30. The van der Waals surface area contributed by atoms with E-state index in [0.717, 1.165) is 0 Å². The van der Waals surface area contributed by atoms with E-state index >= 15 is 0 Å². The number of non-ortho nitro benzene ring substituents is 1. The predicted octanol–water partition coefficient (Wildman–Crippen LogP) is 3.90. The summed E-state index contributed by atoms with van der Waals surface area (Å²) in [7, 11) is 1.44. The fourth-order valence-corrected chi connectivity index (χ4v) is 2.86. The van der Waals surface area contributed by atoms with Gasteiger partial charge in [-0.15, -0.1) is 0 Å². The number of anilines is 1. The molecule has 158 valence electrons. The number of benzene rings is 2. The molecular formula is C20H19BrN2O7. The number of amides is 1. The van der Waals surface area contributed by atoms with Crippen LogP contribution in [0.2, 0.25) is 0 Å². The van der Waals surface area contributed by atoms with Crippen molar-refractivity contribution in [2.45, 2.75) is 25.9 Å². The number of hydrogen-bond acceptors (Lipinski definition) is 7. The summed E-state index contributed by atoms with van der Waals surface area (Å²) in [5.41, 5.74) is 0.351. The van der Waals surface area contributed by atoms with Gasteiger partial charge in [-0.05, 0) is 31.2 Å². The van der Waals surface area contributed by atoms with Gasteiger partial charge < -0.3 is 14.8 Å². The highest BCUT2D eigenvalue weighted by Gasteiger charge is 2.20. The van der Waals surface area contributed by atoms with Crippen LogP contribution in [0.4, 0.5) is 11.4 Å². The maximum absolute atomic E-state index is 12.4. The number of nitro benzene ring substituents is 1. The Kier molecular flexibility index (Phi) is 8.05. The van der Waals surface area contributed by atoms with Crippen LogP contribution in [0.15, 0.2) is 46.9 Å². The van der Waals surface area contributed by atoms with Crippen LogP contribution in [0.5, 0.6) is 5.75 Å². The Labute approximate surface area is 180 Å². The third-order valence-corrected chi connectivity index (χ3v) is 4.51. The van der Waals surface area contributed by atoms with Crippen molar-refractivity contribution in [2.24, 2.45) is 0 Å². The molecule has 2 aromatic rings. The number of nitrogens with zero attached hydrogens (tertiary/aromatic N) is 1. The molecule has 0 radical (unpaired) electrons. The summed E-state index contributed by atoms with van der Waals surface area (Å²) in [4.78, 5) is 46.8. The number of carbonyl (C=O) groups is 3. The normalized spacial score (nSPS) is 11.3.